The molecule has 5 amide bonds. The van der Waals surface area contributed by atoms with Crippen molar-refractivity contribution in [2.75, 3.05) is 59.3 Å². The van der Waals surface area contributed by atoms with Crippen LogP contribution in [0.15, 0.2) is 66.3 Å². The van der Waals surface area contributed by atoms with Crippen LogP contribution in [0, 0.1) is 11.3 Å². The molecule has 5 heterocycles. The van der Waals surface area contributed by atoms with E-state index in [1.54, 1.807) is 116 Å². The fourth-order valence-electron chi connectivity index (χ4n) is 6.81. The minimum absolute atomic E-state index is 0. The van der Waals surface area contributed by atoms with E-state index in [4.69, 9.17) is 70.5 Å². The van der Waals surface area contributed by atoms with Crippen molar-refractivity contribution in [3.05, 3.63) is 89.0 Å². The Hall–Kier alpha value is -7.40. The number of alkyl halides is 1. The molecule has 0 saturated carbocycles. The van der Waals surface area contributed by atoms with Crippen molar-refractivity contribution in [2.24, 2.45) is 16.8 Å². The number of ether oxygens (including phenoxy) is 9. The normalized spacial score (nSPS) is 10.2. The number of aliphatic hydroxyl groups excluding tert-OH is 1. The van der Waals surface area contributed by atoms with Crippen molar-refractivity contribution in [1.29, 1.82) is 5.26 Å². The number of aryl methyl sites for hydroxylation is 5. The summed E-state index contributed by atoms with van der Waals surface area (Å²) in [7, 11) is 3.25. The number of nitrogens with one attached hydrogen (secondary N) is 6. The van der Waals surface area contributed by atoms with Gasteiger partial charge in [-0.2, -0.15) is 35.9 Å². The number of aromatic nitrogens is 10. The third-order valence-electron chi connectivity index (χ3n) is 11.9. The average molecular weight is 2150 g/mol. The van der Waals surface area contributed by atoms with E-state index in [2.05, 4.69) is 149 Å². The average Bonchev–Trinajstić information content (AvgIpc) is 1.72. The number of rotatable bonds is 21. The van der Waals surface area contributed by atoms with E-state index in [0.717, 1.165) is 75.5 Å². The molecule has 0 aliphatic carbocycles. The summed E-state index contributed by atoms with van der Waals surface area (Å²) in [6, 6.07) is 1.68. The molecule has 0 saturated heterocycles. The molecule has 0 unspecified atom stereocenters. The van der Waals surface area contributed by atoms with Gasteiger partial charge in [0.1, 0.15) is 82.0 Å². The van der Waals surface area contributed by atoms with E-state index in [0.29, 0.717) is 61.0 Å². The minimum Gasteiger partial charge on any atom is -1.00 e. The molecule has 0 spiro atoms. The summed E-state index contributed by atoms with van der Waals surface area (Å²) in [6.45, 7) is 58.3. The topological polar surface area (TPSA) is 536 Å². The van der Waals surface area contributed by atoms with Crippen molar-refractivity contribution < 1.29 is 111 Å². The Morgan fingerprint density at radius 1 is 0.556 bits per heavy atom. The van der Waals surface area contributed by atoms with Gasteiger partial charge in [0.05, 0.1) is 70.6 Å². The minimum atomic E-state index is -0.645. The Morgan fingerprint density at radius 2 is 0.913 bits per heavy atom. The molecule has 5 aromatic heterocycles. The fraction of sp³-hybridized carbons (Fsp3) is 0.636. The third kappa shape index (κ3) is 74.5. The maximum atomic E-state index is 11.8. The van der Waals surface area contributed by atoms with Crippen molar-refractivity contribution >= 4 is 176 Å². The van der Waals surface area contributed by atoms with Crippen LogP contribution in [0.1, 0.15) is 233 Å². The maximum absolute atomic E-state index is 11.8. The van der Waals surface area contributed by atoms with Gasteiger partial charge in [-0.25, -0.2) is 59.7 Å². The molecule has 49 heteroatoms. The summed E-state index contributed by atoms with van der Waals surface area (Å²) < 4.78 is 55.9. The van der Waals surface area contributed by atoms with Crippen LogP contribution in [-0.2, 0) is 103 Å². The Labute approximate surface area is 816 Å². The Kier molecular flexibility index (Phi) is 88.0. The van der Waals surface area contributed by atoms with Crippen LogP contribution in [0.3, 0.4) is 0 Å². The van der Waals surface area contributed by atoms with Crippen molar-refractivity contribution in [3.8, 4) is 6.07 Å². The van der Waals surface area contributed by atoms with Gasteiger partial charge in [0.15, 0.2) is 22.9 Å². The number of amides is 5. The summed E-state index contributed by atoms with van der Waals surface area (Å²) in [4.78, 5) is 98.0. The summed E-state index contributed by atoms with van der Waals surface area (Å²) in [5, 5.41) is 44.2. The number of aliphatic hydroxyl groups is 1. The standard InChI is InChI=1S/C12H20BrN3O2.C8H11BrN2O2.C8H13N3O2.C8H11NO3.C7H16N2O2.C7H14N2O2.C6H8Br2N2.C6H9BrN2O.C6H13NO2.C5H12N2O2.C2H8N2.C2H4O.Al.ClH.Li.4H/c1-6-16-10(13)9(7-14-16)8-15(5)11(17)18-12(2,3)4;2*1-3-11-7(9)6(5-10-11)8(12)13-4-2;1-3-11-6-7(5-9)8(10)12-4-2;2*1-5-8-9-6(10)11-7(2,3)4;1-2-10-6(8)5(3-7)4-9-10;1-2-9-6(7)5(4-10)3-8-9;1-6(2,3)9-5(8)7-4;1-5(2,3)9-4(8)7-6;1-2-4-3;1-2-3;;;;;;;/h7H,6,8H2,1-5H3;5H,3-4H2,1-2H3;5H,3-4,9H2,1-2H3;6H,3-4H2,1-2H3;8H,5H2,1-4H3,(H,9,10);5H,1-4H3,(H,9,10);4H,2-3H2,1H3;3,10H,2,4H2,1H3;1-4H3,(H,7,8);6H2,1-3H3,(H,7,8);4H,2-3H2,1H3;2H,1H3;;1H;;;;;/q;;;;;;;;;;;;;;+1;;;;-1/b;;;7-6+;;8-5+;;;;;;;;;;;;;. The first-order chi connectivity index (χ1) is 57.1. The number of nitrogens with two attached hydrogens (primary N) is 3. The van der Waals surface area contributed by atoms with Gasteiger partial charge < -0.3 is 69.9 Å². The monoisotopic (exact) mass is 2140 g/mol. The summed E-state index contributed by atoms with van der Waals surface area (Å²) in [5.74, 6) is 8.49. The molecule has 41 nitrogen and oxygen atoms in total. The number of alkyl carbamates (subject to hydrolysis) is 1. The van der Waals surface area contributed by atoms with Gasteiger partial charge >= 0.3 is 67.2 Å². The van der Waals surface area contributed by atoms with E-state index in [1.165, 1.54) is 43.0 Å². The molecule has 0 atom stereocenters. The Bertz CT molecular complexity index is 3700. The van der Waals surface area contributed by atoms with Crippen molar-refractivity contribution in [2.45, 2.75) is 273 Å². The quantitative estimate of drug-likeness (QED) is 0.00265. The first kappa shape index (κ1) is 139. The first-order valence-electron chi connectivity index (χ1n) is 38.7. The van der Waals surface area contributed by atoms with Gasteiger partial charge in [-0.3, -0.25) is 40.8 Å². The maximum Gasteiger partial charge on any atom is 1.00 e. The van der Waals surface area contributed by atoms with E-state index in [-0.39, 0.29) is 92.6 Å². The molecule has 0 fully saturated rings. The number of carbonyl (C=O) groups is 9. The Balaban J connectivity index is -0.000000130. The number of hydrogen-bond donors (Lipinski definition) is 10. The van der Waals surface area contributed by atoms with Gasteiger partial charge in [0.2, 0.25) is 0 Å². The number of nitrogens with zero attached hydrogens (tertiary/aromatic N) is 13. The first-order valence-corrected chi connectivity index (χ1v) is 43.0. The molecule has 0 aliphatic heterocycles. The number of nitriles is 1. The zero-order valence-corrected chi connectivity index (χ0v) is 87.4. The van der Waals surface area contributed by atoms with E-state index >= 15 is 0 Å². The van der Waals surface area contributed by atoms with Crippen LogP contribution in [0.2, 0.25) is 0 Å². The van der Waals surface area contributed by atoms with Gasteiger partial charge in [-0.05, 0) is 244 Å². The molecule has 0 aromatic carbocycles. The van der Waals surface area contributed by atoms with Crippen LogP contribution >= 0.6 is 92.1 Å². The van der Waals surface area contributed by atoms with Crippen LogP contribution in [0.4, 0.5) is 29.8 Å². The van der Waals surface area contributed by atoms with Crippen LogP contribution in [-0.4, -0.2) is 219 Å². The third-order valence-corrected chi connectivity index (χ3v) is 16.1. The Morgan fingerprint density at radius 3 is 1.21 bits per heavy atom. The number of carbonyl (C=O) groups excluding carboxylic acids is 9. The summed E-state index contributed by atoms with van der Waals surface area (Å²) in [5.41, 5.74) is 18.6. The van der Waals surface area contributed by atoms with Crippen LogP contribution < -0.4 is 68.7 Å². The van der Waals surface area contributed by atoms with Gasteiger partial charge in [-0.15, -0.1) is 12.4 Å². The molecule has 722 valence electrons. The predicted octanol–water partition coefficient (Wildman–Crippen LogP) is 10.4. The molecule has 0 bridgehead atoms. The number of hydrazine groups is 3. The molecule has 5 aromatic rings. The van der Waals surface area contributed by atoms with Crippen molar-refractivity contribution in [3.63, 3.8) is 0 Å². The van der Waals surface area contributed by atoms with Gasteiger partial charge in [-0.1, -0.05) is 29.8 Å². The molecule has 0 aliphatic rings. The zero-order valence-electron chi connectivity index (χ0n) is 79.7. The second-order valence-corrected chi connectivity index (χ2v) is 31.6. The number of esters is 3. The van der Waals surface area contributed by atoms with Crippen LogP contribution in [0.5, 0.6) is 0 Å². The smallest absolute Gasteiger partial charge is 1.00 e. The van der Waals surface area contributed by atoms with E-state index in [9.17, 15) is 38.4 Å². The second-order valence-electron chi connectivity index (χ2n) is 28.0. The molecular weight excluding hydrogens is 2010 g/mol. The van der Waals surface area contributed by atoms with Crippen LogP contribution in [0.25, 0.3) is 0 Å². The second kappa shape index (κ2) is 79.7. The summed E-state index contributed by atoms with van der Waals surface area (Å²) >= 11 is 16.9. The van der Waals surface area contributed by atoms with Gasteiger partial charge in [0, 0.05) is 88.1 Å². The van der Waals surface area contributed by atoms with E-state index < -0.39 is 52.6 Å². The number of anilines is 1. The van der Waals surface area contributed by atoms with Crippen molar-refractivity contribution in [1.82, 2.24) is 86.2 Å². The summed E-state index contributed by atoms with van der Waals surface area (Å²) in [6.07, 6.45) is 9.24. The SMILES string of the molecule is C/C=N/NC(=O)OC(C)(C)C.CC(C)(C)OC(=O)NN.CC=O.CCNN.CCNNC(=O)OC(C)(C)C.CCO/C=C(\C#N)C(=O)OCC.CCOC(=O)c1cnn(CC)c1Br.CCOC(=O)c1cnn(CC)c1N.CCn1ncc(CBr)c1Br.CCn1ncc(CN(C)C(=O)OC(C)(C)C)c1Br.CCn1ncc(CO)c1Br.CNC(=O)OC(C)(C)C.Cl.[AlH3].[H-].[Li+]. The molecule has 13 N–H and O–H groups in total. The number of nitrogen functional groups attached to an aromatic ring is 1. The number of hydrogen-bond acceptors (Lipinski definition) is 31. The largest absolute Gasteiger partial charge is 1.00 e. The fourth-order valence-corrected chi connectivity index (χ4v) is 9.93. The molecule has 0 radical (unpaired) electrons. The number of halogens is 6. The van der Waals surface area contributed by atoms with Gasteiger partial charge in [0.25, 0.3) is 0 Å². The number of hydrazone groups is 1. The molecule has 5 rings (SSSR count). The predicted molar refractivity (Wildman–Crippen MR) is 508 cm³/mol. The zero-order chi connectivity index (χ0) is 97.0. The number of aldehydes is 1. The molecule has 126 heavy (non-hydrogen) atoms. The van der Waals surface area contributed by atoms with E-state index in [1.807, 2.05) is 125 Å². The molecular formula is C77H144AlBr5ClLiN22O19.